The van der Waals surface area contributed by atoms with Crippen LogP contribution < -0.4 is 14.8 Å². The zero-order valence-electron chi connectivity index (χ0n) is 19.6. The van der Waals surface area contributed by atoms with Crippen molar-refractivity contribution in [3.8, 4) is 17.2 Å². The third-order valence-corrected chi connectivity index (χ3v) is 5.99. The van der Waals surface area contributed by atoms with Gasteiger partial charge in [-0.1, -0.05) is 36.4 Å². The number of amides is 1. The number of nitrogens with zero attached hydrogens (tertiary/aromatic N) is 1. The lowest BCUT2D eigenvalue weighted by Gasteiger charge is -2.16. The zero-order valence-corrected chi connectivity index (χ0v) is 19.6. The molecule has 0 unspecified atom stereocenters. The first kappa shape index (κ1) is 23.6. The Bertz CT molecular complexity index is 1090. The monoisotopic (exact) mass is 460 g/mol. The van der Waals surface area contributed by atoms with Gasteiger partial charge in [-0.25, -0.2) is 0 Å². The molecular weight excluding hydrogens is 428 g/mol. The van der Waals surface area contributed by atoms with E-state index in [2.05, 4.69) is 10.2 Å². The van der Waals surface area contributed by atoms with Gasteiger partial charge in [0.15, 0.2) is 0 Å². The van der Waals surface area contributed by atoms with Crippen LogP contribution in [0.15, 0.2) is 66.7 Å². The van der Waals surface area contributed by atoms with Crippen molar-refractivity contribution in [3.63, 3.8) is 0 Å². The van der Waals surface area contributed by atoms with Crippen molar-refractivity contribution < 1.29 is 19.4 Å². The molecular formula is C28H32N2O4. The Kier molecular flexibility index (Phi) is 8.04. The summed E-state index contributed by atoms with van der Waals surface area (Å²) in [6.07, 6.45) is 3.53. The van der Waals surface area contributed by atoms with Gasteiger partial charge in [0.25, 0.3) is 5.91 Å². The molecule has 178 valence electrons. The molecule has 1 saturated heterocycles. The normalized spacial score (nSPS) is 13.6. The molecule has 0 aliphatic carbocycles. The molecule has 1 heterocycles. The van der Waals surface area contributed by atoms with Crippen LogP contribution in [-0.2, 0) is 6.61 Å². The number of rotatable bonds is 10. The summed E-state index contributed by atoms with van der Waals surface area (Å²) in [7, 11) is 0. The van der Waals surface area contributed by atoms with E-state index < -0.39 is 0 Å². The molecule has 0 aromatic heterocycles. The van der Waals surface area contributed by atoms with Crippen LogP contribution in [0.1, 0.15) is 40.7 Å². The van der Waals surface area contributed by atoms with E-state index in [0.29, 0.717) is 36.0 Å². The van der Waals surface area contributed by atoms with E-state index in [1.165, 1.54) is 32.0 Å². The molecule has 0 bridgehead atoms. The SMILES string of the molecule is Cc1ccc(NC(=O)c2ccc(OCCCN3CCCC3)cc2OCc2ccccc2)cc1O. The molecule has 6 heteroatoms. The number of hydrogen-bond donors (Lipinski definition) is 2. The summed E-state index contributed by atoms with van der Waals surface area (Å²) in [4.78, 5) is 15.5. The molecule has 0 saturated carbocycles. The molecule has 3 aromatic rings. The van der Waals surface area contributed by atoms with Crippen LogP contribution in [0.5, 0.6) is 17.2 Å². The summed E-state index contributed by atoms with van der Waals surface area (Å²) < 4.78 is 12.0. The van der Waals surface area contributed by atoms with Crippen molar-refractivity contribution in [3.05, 3.63) is 83.4 Å². The summed E-state index contributed by atoms with van der Waals surface area (Å²) >= 11 is 0. The van der Waals surface area contributed by atoms with Crippen LogP contribution >= 0.6 is 0 Å². The minimum atomic E-state index is -0.313. The lowest BCUT2D eigenvalue weighted by Crippen LogP contribution is -2.21. The molecule has 3 aromatic carbocycles. The van der Waals surface area contributed by atoms with Gasteiger partial charge in [0.2, 0.25) is 0 Å². The summed E-state index contributed by atoms with van der Waals surface area (Å²) in [6.45, 7) is 6.16. The first-order valence-electron chi connectivity index (χ1n) is 11.9. The molecule has 6 nitrogen and oxygen atoms in total. The van der Waals surface area contributed by atoms with Crippen molar-refractivity contribution in [1.82, 2.24) is 4.90 Å². The first-order chi connectivity index (χ1) is 16.6. The predicted octanol–water partition coefficient (Wildman–Crippen LogP) is 5.40. The Morgan fingerprint density at radius 1 is 1.00 bits per heavy atom. The smallest absolute Gasteiger partial charge is 0.259 e. The maximum Gasteiger partial charge on any atom is 0.259 e. The fourth-order valence-electron chi connectivity index (χ4n) is 4.00. The van der Waals surface area contributed by atoms with Gasteiger partial charge < -0.3 is 24.8 Å². The van der Waals surface area contributed by atoms with Crippen molar-refractivity contribution in [2.45, 2.75) is 32.8 Å². The average molecular weight is 461 g/mol. The highest BCUT2D eigenvalue weighted by atomic mass is 16.5. The van der Waals surface area contributed by atoms with Gasteiger partial charge in [0.05, 0.1) is 12.2 Å². The van der Waals surface area contributed by atoms with E-state index >= 15 is 0 Å². The second-order valence-corrected chi connectivity index (χ2v) is 8.64. The van der Waals surface area contributed by atoms with Gasteiger partial charge >= 0.3 is 0 Å². The van der Waals surface area contributed by atoms with Crippen molar-refractivity contribution >= 4 is 11.6 Å². The van der Waals surface area contributed by atoms with Crippen LogP contribution in [0.2, 0.25) is 0 Å². The van der Waals surface area contributed by atoms with Gasteiger partial charge in [-0.3, -0.25) is 4.79 Å². The summed E-state index contributed by atoms with van der Waals surface area (Å²) in [5.41, 5.74) is 2.68. The van der Waals surface area contributed by atoms with Gasteiger partial charge in [-0.05, 0) is 68.6 Å². The number of anilines is 1. The highest BCUT2D eigenvalue weighted by Gasteiger charge is 2.16. The molecule has 2 N–H and O–H groups in total. The Hall–Kier alpha value is -3.51. The van der Waals surface area contributed by atoms with E-state index in [1.54, 1.807) is 37.3 Å². The Morgan fingerprint density at radius 3 is 2.56 bits per heavy atom. The Balaban J connectivity index is 1.45. The van der Waals surface area contributed by atoms with Gasteiger partial charge in [-0.2, -0.15) is 0 Å². The number of ether oxygens (including phenoxy) is 2. The van der Waals surface area contributed by atoms with Crippen LogP contribution in [0.25, 0.3) is 0 Å². The standard InChI is InChI=1S/C28H32N2O4/c1-21-10-11-23(18-26(21)31)29-28(32)25-13-12-24(33-17-7-16-30-14-5-6-15-30)19-27(25)34-20-22-8-3-2-4-9-22/h2-4,8-13,18-19,31H,5-7,14-17,20H2,1H3,(H,29,32). The molecule has 34 heavy (non-hydrogen) atoms. The molecule has 0 radical (unpaired) electrons. The van der Waals surface area contributed by atoms with E-state index in [1.807, 2.05) is 30.3 Å². The Morgan fingerprint density at radius 2 is 1.79 bits per heavy atom. The van der Waals surface area contributed by atoms with Crippen molar-refractivity contribution in [2.75, 3.05) is 31.6 Å². The average Bonchev–Trinajstić information content (AvgIpc) is 3.37. The largest absolute Gasteiger partial charge is 0.508 e. The quantitative estimate of drug-likeness (QED) is 0.397. The lowest BCUT2D eigenvalue weighted by molar-refractivity contribution is 0.102. The highest BCUT2D eigenvalue weighted by molar-refractivity contribution is 6.06. The minimum absolute atomic E-state index is 0.135. The molecule has 1 amide bonds. The second kappa shape index (κ2) is 11.6. The van der Waals surface area contributed by atoms with Crippen LogP contribution in [-0.4, -0.2) is 42.2 Å². The van der Waals surface area contributed by atoms with E-state index in [0.717, 1.165) is 24.1 Å². The van der Waals surface area contributed by atoms with E-state index in [4.69, 9.17) is 9.47 Å². The van der Waals surface area contributed by atoms with Crippen LogP contribution in [0, 0.1) is 6.92 Å². The number of phenols is 1. The number of carbonyl (C=O) groups is 1. The third-order valence-electron chi connectivity index (χ3n) is 5.99. The third kappa shape index (κ3) is 6.51. The Labute approximate surface area is 201 Å². The number of aromatic hydroxyl groups is 1. The summed E-state index contributed by atoms with van der Waals surface area (Å²) in [5, 5.41) is 12.8. The number of benzene rings is 3. The molecule has 4 rings (SSSR count). The fourth-order valence-corrected chi connectivity index (χ4v) is 4.00. The summed E-state index contributed by atoms with van der Waals surface area (Å²) in [6, 6.07) is 20.2. The second-order valence-electron chi connectivity index (χ2n) is 8.64. The molecule has 1 aliphatic heterocycles. The maximum atomic E-state index is 13.0. The topological polar surface area (TPSA) is 71.0 Å². The maximum absolute atomic E-state index is 13.0. The van der Waals surface area contributed by atoms with Crippen molar-refractivity contribution in [1.29, 1.82) is 0 Å². The fraction of sp³-hybridized carbons (Fsp3) is 0.321. The number of nitrogens with one attached hydrogen (secondary N) is 1. The number of phenolic OH excluding ortho intramolecular Hbond substituents is 1. The van der Waals surface area contributed by atoms with E-state index in [9.17, 15) is 9.90 Å². The predicted molar refractivity (Wildman–Crippen MR) is 134 cm³/mol. The van der Waals surface area contributed by atoms with Gasteiger partial charge in [0, 0.05) is 24.4 Å². The molecule has 1 aliphatic rings. The van der Waals surface area contributed by atoms with E-state index in [-0.39, 0.29) is 11.7 Å². The number of hydrogen-bond acceptors (Lipinski definition) is 5. The summed E-state index contributed by atoms with van der Waals surface area (Å²) in [5.74, 6) is 0.951. The minimum Gasteiger partial charge on any atom is -0.508 e. The molecule has 0 spiro atoms. The molecule has 0 atom stereocenters. The first-order valence-corrected chi connectivity index (χ1v) is 11.9. The van der Waals surface area contributed by atoms with Crippen LogP contribution in [0.3, 0.4) is 0 Å². The molecule has 1 fully saturated rings. The number of aryl methyl sites for hydroxylation is 1. The zero-order chi connectivity index (χ0) is 23.8. The highest BCUT2D eigenvalue weighted by Crippen LogP contribution is 2.28. The number of carbonyl (C=O) groups excluding carboxylic acids is 1. The van der Waals surface area contributed by atoms with Gasteiger partial charge in [0.1, 0.15) is 23.9 Å². The van der Waals surface area contributed by atoms with Crippen LogP contribution in [0.4, 0.5) is 5.69 Å². The number of likely N-dealkylation sites (tertiary alicyclic amines) is 1. The lowest BCUT2D eigenvalue weighted by atomic mass is 10.1. The van der Waals surface area contributed by atoms with Crippen molar-refractivity contribution in [2.24, 2.45) is 0 Å². The van der Waals surface area contributed by atoms with Gasteiger partial charge in [-0.15, -0.1) is 0 Å².